The van der Waals surface area contributed by atoms with Crippen LogP contribution in [0.3, 0.4) is 0 Å². The Hall–Kier alpha value is -1.95. The first-order valence-electron chi connectivity index (χ1n) is 6.36. The predicted molar refractivity (Wildman–Crippen MR) is 83.8 cm³/mol. The first-order chi connectivity index (χ1) is 10.0. The van der Waals surface area contributed by atoms with Crippen LogP contribution in [0.4, 0.5) is 0 Å². The van der Waals surface area contributed by atoms with Gasteiger partial charge in [-0.3, -0.25) is 4.79 Å². The summed E-state index contributed by atoms with van der Waals surface area (Å²) in [5, 5.41) is 2.88. The van der Waals surface area contributed by atoms with E-state index >= 15 is 0 Å². The van der Waals surface area contributed by atoms with Crippen LogP contribution in [0.15, 0.2) is 34.9 Å². The van der Waals surface area contributed by atoms with E-state index in [9.17, 15) is 4.79 Å². The highest BCUT2D eigenvalue weighted by Crippen LogP contribution is 2.27. The van der Waals surface area contributed by atoms with Gasteiger partial charge in [0.25, 0.3) is 5.91 Å². The molecule has 0 unspecified atom stereocenters. The van der Waals surface area contributed by atoms with E-state index in [4.69, 9.17) is 9.47 Å². The predicted octanol–water partition coefficient (Wildman–Crippen LogP) is 2.73. The minimum atomic E-state index is -0.127. The van der Waals surface area contributed by atoms with Crippen molar-refractivity contribution >= 4 is 21.8 Å². The van der Waals surface area contributed by atoms with Crippen molar-refractivity contribution in [3.05, 3.63) is 46.2 Å². The van der Waals surface area contributed by atoms with E-state index in [0.717, 1.165) is 10.0 Å². The standard InChI is InChI=1S/C15H17BrN2O3/c1-18-9-11(16)7-12(18)15(19)17-8-10-4-5-13(20-2)14(6-10)21-3/h4-7,9H,8H2,1-3H3,(H,17,19). The number of hydrogen-bond acceptors (Lipinski definition) is 3. The molecule has 1 amide bonds. The number of halogens is 1. The zero-order valence-corrected chi connectivity index (χ0v) is 13.7. The fourth-order valence-electron chi connectivity index (χ4n) is 2.01. The summed E-state index contributed by atoms with van der Waals surface area (Å²) in [5.41, 5.74) is 1.54. The Labute approximate surface area is 132 Å². The number of nitrogens with zero attached hydrogens (tertiary/aromatic N) is 1. The second-order valence-corrected chi connectivity index (χ2v) is 5.44. The van der Waals surface area contributed by atoms with Crippen molar-refractivity contribution in [3.8, 4) is 11.5 Å². The average Bonchev–Trinajstić information content (AvgIpc) is 2.83. The number of aromatic nitrogens is 1. The summed E-state index contributed by atoms with van der Waals surface area (Å²) in [6, 6.07) is 7.34. The van der Waals surface area contributed by atoms with Crippen molar-refractivity contribution in [2.24, 2.45) is 7.05 Å². The highest BCUT2D eigenvalue weighted by molar-refractivity contribution is 9.10. The Kier molecular flexibility index (Phi) is 4.90. The second kappa shape index (κ2) is 6.67. The molecule has 0 bridgehead atoms. The van der Waals surface area contributed by atoms with Crippen molar-refractivity contribution in [1.29, 1.82) is 0 Å². The van der Waals surface area contributed by atoms with Crippen LogP contribution < -0.4 is 14.8 Å². The monoisotopic (exact) mass is 352 g/mol. The van der Waals surface area contributed by atoms with Gasteiger partial charge in [-0.1, -0.05) is 6.07 Å². The molecule has 0 aliphatic rings. The molecule has 0 aliphatic carbocycles. The van der Waals surface area contributed by atoms with Gasteiger partial charge in [0.2, 0.25) is 0 Å². The minimum Gasteiger partial charge on any atom is -0.493 e. The molecule has 1 aromatic heterocycles. The van der Waals surface area contributed by atoms with Crippen LogP contribution in [0.1, 0.15) is 16.1 Å². The number of carbonyl (C=O) groups excluding carboxylic acids is 1. The molecule has 0 saturated heterocycles. The molecule has 1 aromatic carbocycles. The fourth-order valence-corrected chi connectivity index (χ4v) is 2.54. The normalized spacial score (nSPS) is 10.3. The van der Waals surface area contributed by atoms with Crippen LogP contribution in [-0.4, -0.2) is 24.7 Å². The van der Waals surface area contributed by atoms with Crippen LogP contribution in [0.5, 0.6) is 11.5 Å². The highest BCUT2D eigenvalue weighted by Gasteiger charge is 2.11. The van der Waals surface area contributed by atoms with Crippen LogP contribution in [0.25, 0.3) is 0 Å². The zero-order chi connectivity index (χ0) is 15.4. The largest absolute Gasteiger partial charge is 0.493 e. The molecule has 2 rings (SSSR count). The molecule has 6 heteroatoms. The number of carbonyl (C=O) groups is 1. The molecule has 2 aromatic rings. The smallest absolute Gasteiger partial charge is 0.268 e. The molecule has 5 nitrogen and oxygen atoms in total. The number of amides is 1. The number of hydrogen-bond donors (Lipinski definition) is 1. The Morgan fingerprint density at radius 1 is 1.24 bits per heavy atom. The van der Waals surface area contributed by atoms with E-state index in [1.54, 1.807) is 24.9 Å². The quantitative estimate of drug-likeness (QED) is 0.899. The van der Waals surface area contributed by atoms with Gasteiger partial charge in [0.05, 0.1) is 14.2 Å². The Balaban J connectivity index is 2.06. The molecule has 112 valence electrons. The van der Waals surface area contributed by atoms with E-state index in [1.807, 2.05) is 31.4 Å². The van der Waals surface area contributed by atoms with Crippen molar-refractivity contribution < 1.29 is 14.3 Å². The van der Waals surface area contributed by atoms with Crippen molar-refractivity contribution in [2.45, 2.75) is 6.54 Å². The molecule has 0 atom stereocenters. The number of aryl methyl sites for hydroxylation is 1. The third-order valence-electron chi connectivity index (χ3n) is 3.11. The highest BCUT2D eigenvalue weighted by atomic mass is 79.9. The SMILES string of the molecule is COc1ccc(CNC(=O)c2cc(Br)cn2C)cc1OC. The minimum absolute atomic E-state index is 0.127. The first kappa shape index (κ1) is 15.4. The fraction of sp³-hybridized carbons (Fsp3) is 0.267. The molecule has 1 N–H and O–H groups in total. The molecular formula is C15H17BrN2O3. The maximum absolute atomic E-state index is 12.1. The maximum Gasteiger partial charge on any atom is 0.268 e. The Morgan fingerprint density at radius 3 is 2.52 bits per heavy atom. The Bertz CT molecular complexity index is 652. The lowest BCUT2D eigenvalue weighted by molar-refractivity contribution is 0.0942. The van der Waals surface area contributed by atoms with Gasteiger partial charge in [0.1, 0.15) is 5.69 Å². The van der Waals surface area contributed by atoms with Crippen molar-refractivity contribution in [3.63, 3.8) is 0 Å². The van der Waals surface area contributed by atoms with Crippen molar-refractivity contribution in [1.82, 2.24) is 9.88 Å². The maximum atomic E-state index is 12.1. The number of ether oxygens (including phenoxy) is 2. The third-order valence-corrected chi connectivity index (χ3v) is 3.54. The van der Waals surface area contributed by atoms with Crippen LogP contribution >= 0.6 is 15.9 Å². The molecule has 1 heterocycles. The van der Waals surface area contributed by atoms with Crippen molar-refractivity contribution in [2.75, 3.05) is 14.2 Å². The molecule has 0 radical (unpaired) electrons. The topological polar surface area (TPSA) is 52.5 Å². The van der Waals surface area contributed by atoms with Gasteiger partial charge in [-0.05, 0) is 39.7 Å². The lowest BCUT2D eigenvalue weighted by atomic mass is 10.2. The third kappa shape index (κ3) is 3.58. The van der Waals surface area contributed by atoms with Gasteiger partial charge in [-0.25, -0.2) is 0 Å². The Morgan fingerprint density at radius 2 is 1.95 bits per heavy atom. The summed E-state index contributed by atoms with van der Waals surface area (Å²) in [6.45, 7) is 0.419. The van der Waals surface area contributed by atoms with Gasteiger partial charge in [0.15, 0.2) is 11.5 Å². The number of rotatable bonds is 5. The van der Waals surface area contributed by atoms with E-state index in [2.05, 4.69) is 21.2 Å². The van der Waals surface area contributed by atoms with E-state index in [0.29, 0.717) is 23.7 Å². The number of benzene rings is 1. The summed E-state index contributed by atoms with van der Waals surface area (Å²) in [4.78, 5) is 12.1. The molecule has 21 heavy (non-hydrogen) atoms. The second-order valence-electron chi connectivity index (χ2n) is 4.53. The molecule has 0 fully saturated rings. The summed E-state index contributed by atoms with van der Waals surface area (Å²) in [5.74, 6) is 1.18. The van der Waals surface area contributed by atoms with Gasteiger partial charge >= 0.3 is 0 Å². The summed E-state index contributed by atoms with van der Waals surface area (Å²) >= 11 is 3.35. The first-order valence-corrected chi connectivity index (χ1v) is 7.15. The lowest BCUT2D eigenvalue weighted by Gasteiger charge is -2.10. The molecule has 0 saturated carbocycles. The van der Waals surface area contributed by atoms with Gasteiger partial charge in [-0.15, -0.1) is 0 Å². The van der Waals surface area contributed by atoms with Crippen LogP contribution in [-0.2, 0) is 13.6 Å². The van der Waals surface area contributed by atoms with Crippen LogP contribution in [0, 0.1) is 0 Å². The van der Waals surface area contributed by atoms with E-state index in [1.165, 1.54) is 0 Å². The van der Waals surface area contributed by atoms with Gasteiger partial charge in [-0.2, -0.15) is 0 Å². The van der Waals surface area contributed by atoms with Gasteiger partial charge in [0, 0.05) is 24.3 Å². The molecule has 0 aliphatic heterocycles. The summed E-state index contributed by atoms with van der Waals surface area (Å²) in [6.07, 6.45) is 1.84. The van der Waals surface area contributed by atoms with Gasteiger partial charge < -0.3 is 19.4 Å². The number of nitrogens with one attached hydrogen (secondary N) is 1. The van der Waals surface area contributed by atoms with E-state index < -0.39 is 0 Å². The zero-order valence-electron chi connectivity index (χ0n) is 12.1. The average molecular weight is 353 g/mol. The number of methoxy groups -OCH3 is 2. The van der Waals surface area contributed by atoms with Crippen LogP contribution in [0.2, 0.25) is 0 Å². The summed E-state index contributed by atoms with van der Waals surface area (Å²) in [7, 11) is 5.00. The van der Waals surface area contributed by atoms with E-state index in [-0.39, 0.29) is 5.91 Å². The summed E-state index contributed by atoms with van der Waals surface area (Å²) < 4.78 is 13.1. The lowest BCUT2D eigenvalue weighted by Crippen LogP contribution is -2.24. The molecule has 0 spiro atoms. The molecular weight excluding hydrogens is 336 g/mol.